The van der Waals surface area contributed by atoms with Crippen LogP contribution in [0.5, 0.6) is 0 Å². The van der Waals surface area contributed by atoms with Gasteiger partial charge in [-0.15, -0.1) is 0 Å². The van der Waals surface area contributed by atoms with Crippen molar-refractivity contribution in [2.45, 2.75) is 65.9 Å². The minimum atomic E-state index is -0.747. The van der Waals surface area contributed by atoms with Gasteiger partial charge < -0.3 is 4.74 Å². The highest BCUT2D eigenvalue weighted by Crippen LogP contribution is 2.36. The molecule has 2 aliphatic rings. The fourth-order valence-corrected chi connectivity index (χ4v) is 4.01. The number of hydrogen-bond acceptors (Lipinski definition) is 4. The highest BCUT2D eigenvalue weighted by Gasteiger charge is 2.42. The average Bonchev–Trinajstić information content (AvgIpc) is 2.36. The van der Waals surface area contributed by atoms with Gasteiger partial charge in [0.1, 0.15) is 17.8 Å². The van der Waals surface area contributed by atoms with Gasteiger partial charge in [0.05, 0.1) is 6.42 Å². The first-order chi connectivity index (χ1) is 10.3. The third-order valence-corrected chi connectivity index (χ3v) is 5.32. The number of Topliss-reactive ketones (excluding diaryl/α,β-unsaturated/α-hetero) is 2. The first-order valence-corrected chi connectivity index (χ1v) is 8.54. The number of carbonyl (C=O) groups is 3. The topological polar surface area (TPSA) is 60.4 Å². The van der Waals surface area contributed by atoms with Crippen LogP contribution < -0.4 is 0 Å². The molecule has 4 heteroatoms. The molecule has 2 aliphatic carbocycles. The highest BCUT2D eigenvalue weighted by molar-refractivity contribution is 6.10. The lowest BCUT2D eigenvalue weighted by Gasteiger charge is -2.38. The lowest BCUT2D eigenvalue weighted by atomic mass is 9.75. The Bertz CT molecular complexity index is 454. The highest BCUT2D eigenvalue weighted by atomic mass is 16.5. The van der Waals surface area contributed by atoms with E-state index in [0.717, 1.165) is 12.8 Å². The van der Waals surface area contributed by atoms with Crippen molar-refractivity contribution < 1.29 is 19.1 Å². The third kappa shape index (κ3) is 3.76. The van der Waals surface area contributed by atoms with E-state index in [-0.39, 0.29) is 30.0 Å². The smallest absolute Gasteiger partial charge is 0.317 e. The maximum Gasteiger partial charge on any atom is 0.317 e. The van der Waals surface area contributed by atoms with E-state index >= 15 is 0 Å². The molecule has 0 N–H and O–H groups in total. The molecule has 0 heterocycles. The second kappa shape index (κ2) is 6.93. The molecular formula is C18H28O4. The van der Waals surface area contributed by atoms with E-state index in [1.807, 2.05) is 0 Å². The molecule has 0 aliphatic heterocycles. The van der Waals surface area contributed by atoms with Crippen molar-refractivity contribution in [3.05, 3.63) is 0 Å². The Balaban J connectivity index is 2.05. The quantitative estimate of drug-likeness (QED) is 0.593. The summed E-state index contributed by atoms with van der Waals surface area (Å²) in [7, 11) is 0. The molecule has 0 aromatic carbocycles. The summed E-state index contributed by atoms with van der Waals surface area (Å²) >= 11 is 0. The number of rotatable bonds is 3. The van der Waals surface area contributed by atoms with Crippen LogP contribution in [0.25, 0.3) is 0 Å². The molecule has 1 unspecified atom stereocenters. The van der Waals surface area contributed by atoms with Gasteiger partial charge in [0.25, 0.3) is 0 Å². The summed E-state index contributed by atoms with van der Waals surface area (Å²) in [6.07, 6.45) is 3.23. The fourth-order valence-electron chi connectivity index (χ4n) is 4.01. The Labute approximate surface area is 133 Å². The maximum atomic E-state index is 12.5. The molecular weight excluding hydrogens is 280 g/mol. The molecule has 0 spiro atoms. The van der Waals surface area contributed by atoms with Crippen LogP contribution >= 0.6 is 0 Å². The zero-order valence-electron chi connectivity index (χ0n) is 14.1. The molecule has 0 bridgehead atoms. The lowest BCUT2D eigenvalue weighted by molar-refractivity contribution is -0.166. The number of carbonyl (C=O) groups excluding carboxylic acids is 3. The molecule has 0 amide bonds. The summed E-state index contributed by atoms with van der Waals surface area (Å²) in [4.78, 5) is 36.0. The number of hydrogen-bond donors (Lipinski definition) is 0. The summed E-state index contributed by atoms with van der Waals surface area (Å²) in [5.74, 6) is -0.333. The summed E-state index contributed by atoms with van der Waals surface area (Å²) in [6.45, 7) is 8.30. The van der Waals surface area contributed by atoms with Crippen molar-refractivity contribution in [3.63, 3.8) is 0 Å². The van der Waals surface area contributed by atoms with Crippen LogP contribution in [0.4, 0.5) is 0 Å². The molecule has 2 saturated carbocycles. The Morgan fingerprint density at radius 3 is 2.45 bits per heavy atom. The monoisotopic (exact) mass is 308 g/mol. The van der Waals surface area contributed by atoms with Gasteiger partial charge in [-0.3, -0.25) is 14.4 Å². The van der Waals surface area contributed by atoms with Crippen molar-refractivity contribution in [1.29, 1.82) is 0 Å². The molecule has 22 heavy (non-hydrogen) atoms. The van der Waals surface area contributed by atoms with Crippen molar-refractivity contribution in [2.24, 2.45) is 29.6 Å². The van der Waals surface area contributed by atoms with Crippen molar-refractivity contribution in [3.8, 4) is 0 Å². The van der Waals surface area contributed by atoms with Crippen LogP contribution in [0.2, 0.25) is 0 Å². The van der Waals surface area contributed by atoms with Crippen LogP contribution in [-0.4, -0.2) is 23.6 Å². The Kier molecular flexibility index (Phi) is 5.41. The second-order valence-corrected chi connectivity index (χ2v) is 7.64. The van der Waals surface area contributed by atoms with E-state index < -0.39 is 11.9 Å². The predicted octanol–water partition coefficient (Wildman–Crippen LogP) is 3.17. The van der Waals surface area contributed by atoms with Crippen LogP contribution in [0.1, 0.15) is 59.8 Å². The molecule has 0 aromatic rings. The predicted molar refractivity (Wildman–Crippen MR) is 83.1 cm³/mol. The molecule has 124 valence electrons. The molecule has 0 radical (unpaired) electrons. The molecule has 4 nitrogen and oxygen atoms in total. The SMILES string of the molecule is CC1CC[C@@H](C(C)C)[C@H](OC(=O)[C@@H]2C(=O)CC(=O)C[C@H]2C)C1. The van der Waals surface area contributed by atoms with E-state index in [0.29, 0.717) is 24.2 Å². The summed E-state index contributed by atoms with van der Waals surface area (Å²) in [5, 5.41) is 0. The minimum absolute atomic E-state index is 0.0621. The van der Waals surface area contributed by atoms with Crippen LogP contribution in [0.15, 0.2) is 0 Å². The minimum Gasteiger partial charge on any atom is -0.462 e. The van der Waals surface area contributed by atoms with Gasteiger partial charge in [0.15, 0.2) is 5.78 Å². The Morgan fingerprint density at radius 2 is 1.86 bits per heavy atom. The molecule has 0 saturated heterocycles. The fraction of sp³-hybridized carbons (Fsp3) is 0.833. The molecule has 5 atom stereocenters. The first-order valence-electron chi connectivity index (χ1n) is 8.54. The third-order valence-electron chi connectivity index (χ3n) is 5.32. The summed E-state index contributed by atoms with van der Waals surface area (Å²) in [5.41, 5.74) is 0. The van der Waals surface area contributed by atoms with E-state index in [1.54, 1.807) is 6.92 Å². The number of esters is 1. The Hall–Kier alpha value is -1.19. The standard InChI is InChI=1S/C18H28O4/c1-10(2)14-6-5-11(3)7-16(14)22-18(21)17-12(4)8-13(19)9-15(17)20/h10-12,14,16-17H,5-9H2,1-4H3/t11?,12-,14+,16-,17+/m1/s1. The van der Waals surface area contributed by atoms with E-state index in [4.69, 9.17) is 4.74 Å². The van der Waals surface area contributed by atoms with Gasteiger partial charge in [-0.05, 0) is 36.5 Å². The van der Waals surface area contributed by atoms with Gasteiger partial charge in [0.2, 0.25) is 0 Å². The van der Waals surface area contributed by atoms with Crippen molar-refractivity contribution in [1.82, 2.24) is 0 Å². The van der Waals surface area contributed by atoms with E-state index in [9.17, 15) is 14.4 Å². The first kappa shape index (κ1) is 17.2. The molecule has 2 fully saturated rings. The maximum absolute atomic E-state index is 12.5. The van der Waals surface area contributed by atoms with Gasteiger partial charge in [0, 0.05) is 6.42 Å². The van der Waals surface area contributed by atoms with Crippen molar-refractivity contribution >= 4 is 17.5 Å². The Morgan fingerprint density at radius 1 is 1.18 bits per heavy atom. The number of ketones is 2. The average molecular weight is 308 g/mol. The van der Waals surface area contributed by atoms with E-state index in [2.05, 4.69) is 20.8 Å². The lowest BCUT2D eigenvalue weighted by Crippen LogP contribution is -2.42. The van der Waals surface area contributed by atoms with Gasteiger partial charge >= 0.3 is 5.97 Å². The normalized spacial score (nSPS) is 36.5. The second-order valence-electron chi connectivity index (χ2n) is 7.64. The van der Waals surface area contributed by atoms with Crippen molar-refractivity contribution in [2.75, 3.05) is 0 Å². The van der Waals surface area contributed by atoms with E-state index in [1.165, 1.54) is 6.42 Å². The van der Waals surface area contributed by atoms with Crippen LogP contribution in [-0.2, 0) is 19.1 Å². The summed E-state index contributed by atoms with van der Waals surface area (Å²) < 4.78 is 5.78. The van der Waals surface area contributed by atoms with Crippen LogP contribution in [0.3, 0.4) is 0 Å². The molecule has 2 rings (SSSR count). The van der Waals surface area contributed by atoms with Gasteiger partial charge in [-0.2, -0.15) is 0 Å². The summed E-state index contributed by atoms with van der Waals surface area (Å²) in [6, 6.07) is 0. The van der Waals surface area contributed by atoms with Crippen LogP contribution in [0, 0.1) is 29.6 Å². The van der Waals surface area contributed by atoms with Gasteiger partial charge in [-0.1, -0.05) is 34.1 Å². The largest absolute Gasteiger partial charge is 0.462 e. The number of ether oxygens (including phenoxy) is 1. The zero-order chi connectivity index (χ0) is 16.4. The van der Waals surface area contributed by atoms with Gasteiger partial charge in [-0.25, -0.2) is 0 Å². The zero-order valence-corrected chi connectivity index (χ0v) is 14.1. The molecule has 0 aromatic heterocycles.